The molecule has 0 spiro atoms. The van der Waals surface area contributed by atoms with E-state index in [4.69, 9.17) is 5.11 Å². The molecule has 1 fully saturated rings. The maximum atomic E-state index is 9.07. The first-order valence-electron chi connectivity index (χ1n) is 6.17. The second kappa shape index (κ2) is 5.80. The number of hydrogen-bond acceptors (Lipinski definition) is 3. The molecule has 0 aromatic carbocycles. The molecule has 2 nitrogen and oxygen atoms in total. The Morgan fingerprint density at radius 3 is 2.62 bits per heavy atom. The zero-order valence-corrected chi connectivity index (χ0v) is 10.7. The summed E-state index contributed by atoms with van der Waals surface area (Å²) in [7, 11) is 0. The van der Waals surface area contributed by atoms with Crippen LogP contribution in [0.25, 0.3) is 0 Å². The van der Waals surface area contributed by atoms with E-state index in [1.54, 1.807) is 0 Å². The molecule has 0 amide bonds. The SMILES string of the molecule is Cc1ccc(CNC2CCC(CO)CC2)s1. The van der Waals surface area contributed by atoms with E-state index in [1.807, 2.05) is 11.3 Å². The van der Waals surface area contributed by atoms with E-state index in [2.05, 4.69) is 24.4 Å². The Labute approximate surface area is 102 Å². The molecule has 2 N–H and O–H groups in total. The second-order valence-corrected chi connectivity index (χ2v) is 6.17. The molecule has 90 valence electrons. The van der Waals surface area contributed by atoms with Crippen LogP contribution in [0.1, 0.15) is 35.4 Å². The third-order valence-corrected chi connectivity index (χ3v) is 4.47. The molecule has 1 aromatic heterocycles. The summed E-state index contributed by atoms with van der Waals surface area (Å²) < 4.78 is 0. The van der Waals surface area contributed by atoms with Crippen molar-refractivity contribution in [2.24, 2.45) is 5.92 Å². The molecule has 2 rings (SSSR count). The molecule has 0 radical (unpaired) electrons. The van der Waals surface area contributed by atoms with Gasteiger partial charge in [0.2, 0.25) is 0 Å². The van der Waals surface area contributed by atoms with Gasteiger partial charge in [0.1, 0.15) is 0 Å². The quantitative estimate of drug-likeness (QED) is 0.846. The highest BCUT2D eigenvalue weighted by atomic mass is 32.1. The number of nitrogens with one attached hydrogen (secondary N) is 1. The molecule has 0 atom stereocenters. The molecule has 0 aliphatic heterocycles. The van der Waals surface area contributed by atoms with E-state index in [9.17, 15) is 0 Å². The van der Waals surface area contributed by atoms with Crippen LogP contribution in [0.5, 0.6) is 0 Å². The maximum Gasteiger partial charge on any atom is 0.0459 e. The smallest absolute Gasteiger partial charge is 0.0459 e. The number of rotatable bonds is 4. The van der Waals surface area contributed by atoms with Gasteiger partial charge in [-0.25, -0.2) is 0 Å². The third kappa shape index (κ3) is 3.30. The van der Waals surface area contributed by atoms with Gasteiger partial charge in [0.05, 0.1) is 0 Å². The Balaban J connectivity index is 1.71. The first-order valence-corrected chi connectivity index (χ1v) is 6.99. The van der Waals surface area contributed by atoms with Crippen molar-refractivity contribution in [3.8, 4) is 0 Å². The molecule has 1 aromatic rings. The minimum absolute atomic E-state index is 0.372. The Kier molecular flexibility index (Phi) is 4.38. The zero-order valence-electron chi connectivity index (χ0n) is 9.91. The summed E-state index contributed by atoms with van der Waals surface area (Å²) in [5, 5.41) is 12.7. The van der Waals surface area contributed by atoms with Crippen LogP contribution in [0.3, 0.4) is 0 Å². The summed E-state index contributed by atoms with van der Waals surface area (Å²) in [6.45, 7) is 3.53. The highest BCUT2D eigenvalue weighted by Gasteiger charge is 2.19. The summed E-state index contributed by atoms with van der Waals surface area (Å²) in [6, 6.07) is 5.06. The largest absolute Gasteiger partial charge is 0.396 e. The minimum Gasteiger partial charge on any atom is -0.396 e. The van der Waals surface area contributed by atoms with Crippen LogP contribution < -0.4 is 5.32 Å². The standard InChI is InChI=1S/C13H21NOS/c1-10-2-7-13(16-10)8-14-12-5-3-11(9-15)4-6-12/h2,7,11-12,14-15H,3-6,8-9H2,1H3. The summed E-state index contributed by atoms with van der Waals surface area (Å²) in [5.41, 5.74) is 0. The van der Waals surface area contributed by atoms with Crippen molar-refractivity contribution in [3.05, 3.63) is 21.9 Å². The Hall–Kier alpha value is -0.380. The molecular formula is C13H21NOS. The molecule has 0 unspecified atom stereocenters. The normalized spacial score (nSPS) is 25.9. The van der Waals surface area contributed by atoms with E-state index in [1.165, 1.54) is 35.4 Å². The number of aryl methyl sites for hydroxylation is 1. The number of aliphatic hydroxyl groups is 1. The van der Waals surface area contributed by atoms with Crippen LogP contribution in [0.15, 0.2) is 12.1 Å². The lowest BCUT2D eigenvalue weighted by Gasteiger charge is -2.27. The summed E-state index contributed by atoms with van der Waals surface area (Å²) in [6.07, 6.45) is 4.79. The molecule has 0 saturated heterocycles. The Morgan fingerprint density at radius 1 is 1.31 bits per heavy atom. The fourth-order valence-corrected chi connectivity index (χ4v) is 3.22. The van der Waals surface area contributed by atoms with Gasteiger partial charge in [-0.15, -0.1) is 11.3 Å². The number of hydrogen-bond donors (Lipinski definition) is 2. The first kappa shape index (κ1) is 12.1. The lowest BCUT2D eigenvalue weighted by atomic mass is 9.86. The van der Waals surface area contributed by atoms with Gasteiger partial charge in [0, 0.05) is 28.9 Å². The van der Waals surface area contributed by atoms with Crippen LogP contribution in [0.2, 0.25) is 0 Å². The topological polar surface area (TPSA) is 32.3 Å². The fourth-order valence-electron chi connectivity index (χ4n) is 2.37. The van der Waals surface area contributed by atoms with Crippen molar-refractivity contribution in [3.63, 3.8) is 0 Å². The lowest BCUT2D eigenvalue weighted by Crippen LogP contribution is -2.33. The van der Waals surface area contributed by atoms with Crippen molar-refractivity contribution in [2.75, 3.05) is 6.61 Å². The highest BCUT2D eigenvalue weighted by molar-refractivity contribution is 7.11. The van der Waals surface area contributed by atoms with E-state index in [0.717, 1.165) is 6.54 Å². The van der Waals surface area contributed by atoms with Crippen LogP contribution in [-0.4, -0.2) is 17.8 Å². The minimum atomic E-state index is 0.372. The summed E-state index contributed by atoms with van der Waals surface area (Å²) in [5.74, 6) is 0.557. The van der Waals surface area contributed by atoms with E-state index >= 15 is 0 Å². The van der Waals surface area contributed by atoms with Crippen LogP contribution in [0.4, 0.5) is 0 Å². The monoisotopic (exact) mass is 239 g/mol. The third-order valence-electron chi connectivity index (χ3n) is 3.47. The van der Waals surface area contributed by atoms with Gasteiger partial charge in [-0.2, -0.15) is 0 Å². The number of thiophene rings is 1. The van der Waals surface area contributed by atoms with Crippen molar-refractivity contribution in [2.45, 2.75) is 45.2 Å². The van der Waals surface area contributed by atoms with Crippen molar-refractivity contribution < 1.29 is 5.11 Å². The zero-order chi connectivity index (χ0) is 11.4. The predicted octanol–water partition coefficient (Wildman–Crippen LogP) is 2.70. The highest BCUT2D eigenvalue weighted by Crippen LogP contribution is 2.24. The molecule has 1 heterocycles. The van der Waals surface area contributed by atoms with Gasteiger partial charge in [0.25, 0.3) is 0 Å². The fraction of sp³-hybridized carbons (Fsp3) is 0.692. The van der Waals surface area contributed by atoms with Crippen molar-refractivity contribution in [1.82, 2.24) is 5.32 Å². The van der Waals surface area contributed by atoms with Gasteiger partial charge in [0.15, 0.2) is 0 Å². The average Bonchev–Trinajstić information content (AvgIpc) is 2.73. The molecule has 0 bridgehead atoms. The summed E-state index contributed by atoms with van der Waals surface area (Å²) in [4.78, 5) is 2.82. The predicted molar refractivity (Wildman–Crippen MR) is 68.7 cm³/mol. The summed E-state index contributed by atoms with van der Waals surface area (Å²) >= 11 is 1.88. The lowest BCUT2D eigenvalue weighted by molar-refractivity contribution is 0.175. The second-order valence-electron chi connectivity index (χ2n) is 4.79. The van der Waals surface area contributed by atoms with Crippen LogP contribution in [0, 0.1) is 12.8 Å². The average molecular weight is 239 g/mol. The van der Waals surface area contributed by atoms with E-state index in [0.29, 0.717) is 18.6 Å². The van der Waals surface area contributed by atoms with Crippen molar-refractivity contribution >= 4 is 11.3 Å². The first-order chi connectivity index (χ1) is 7.78. The van der Waals surface area contributed by atoms with E-state index in [-0.39, 0.29) is 0 Å². The van der Waals surface area contributed by atoms with E-state index < -0.39 is 0 Å². The molecular weight excluding hydrogens is 218 g/mol. The molecule has 16 heavy (non-hydrogen) atoms. The molecule has 1 saturated carbocycles. The Bertz CT molecular complexity index is 315. The van der Waals surface area contributed by atoms with Gasteiger partial charge < -0.3 is 10.4 Å². The van der Waals surface area contributed by atoms with Crippen LogP contribution >= 0.6 is 11.3 Å². The van der Waals surface area contributed by atoms with Gasteiger partial charge in [-0.3, -0.25) is 0 Å². The van der Waals surface area contributed by atoms with Gasteiger partial charge >= 0.3 is 0 Å². The Morgan fingerprint density at radius 2 is 2.06 bits per heavy atom. The molecule has 3 heteroatoms. The maximum absolute atomic E-state index is 9.07. The van der Waals surface area contributed by atoms with Gasteiger partial charge in [-0.05, 0) is 50.7 Å². The van der Waals surface area contributed by atoms with Crippen molar-refractivity contribution in [1.29, 1.82) is 0 Å². The molecule has 1 aliphatic carbocycles. The van der Waals surface area contributed by atoms with Crippen LogP contribution in [-0.2, 0) is 6.54 Å². The molecule has 1 aliphatic rings. The number of aliphatic hydroxyl groups excluding tert-OH is 1. The van der Waals surface area contributed by atoms with Gasteiger partial charge in [-0.1, -0.05) is 0 Å².